The van der Waals surface area contributed by atoms with Gasteiger partial charge in [-0.25, -0.2) is 0 Å². The van der Waals surface area contributed by atoms with Gasteiger partial charge in [0.1, 0.15) is 5.82 Å². The van der Waals surface area contributed by atoms with Crippen LogP contribution in [0.25, 0.3) is 0 Å². The molecule has 2 N–H and O–H groups in total. The Morgan fingerprint density at radius 2 is 2.17 bits per heavy atom. The van der Waals surface area contributed by atoms with Crippen molar-refractivity contribution in [2.45, 2.75) is 5.50 Å². The van der Waals surface area contributed by atoms with Gasteiger partial charge in [-0.05, 0) is 24.5 Å². The summed E-state index contributed by atoms with van der Waals surface area (Å²) < 4.78 is 0. The summed E-state index contributed by atoms with van der Waals surface area (Å²) >= 11 is 1.64. The highest BCUT2D eigenvalue weighted by molar-refractivity contribution is 7.99. The lowest BCUT2D eigenvalue weighted by Crippen LogP contribution is -2.38. The molecule has 18 heavy (non-hydrogen) atoms. The van der Waals surface area contributed by atoms with Crippen molar-refractivity contribution in [1.29, 1.82) is 0 Å². The van der Waals surface area contributed by atoms with Gasteiger partial charge in [-0.15, -0.1) is 11.8 Å². The summed E-state index contributed by atoms with van der Waals surface area (Å²) in [7, 11) is 0. The van der Waals surface area contributed by atoms with Gasteiger partial charge in [0.15, 0.2) is 5.50 Å². The molecular weight excluding hydrogens is 246 g/mol. The number of aliphatic hydroxyl groups is 1. The first kappa shape index (κ1) is 13.0. The predicted octanol–water partition coefficient (Wildman–Crippen LogP) is 1.97. The SMILES string of the molecule is CSC1N=CC=C(Nc2ccccc2)N1CCO. The molecule has 1 aromatic carbocycles. The Hall–Kier alpha value is -1.46. The van der Waals surface area contributed by atoms with Crippen LogP contribution in [0.5, 0.6) is 0 Å². The standard InChI is InChI=1S/C13H17N3OS/c1-18-13-14-8-7-12(16(13)9-10-17)15-11-5-3-2-4-6-11/h2-8,13,15,17H,9-10H2,1H3. The Kier molecular flexibility index (Phi) is 4.66. The smallest absolute Gasteiger partial charge is 0.169 e. The van der Waals surface area contributed by atoms with E-state index < -0.39 is 0 Å². The maximum Gasteiger partial charge on any atom is 0.169 e. The molecule has 1 aliphatic rings. The maximum atomic E-state index is 9.16. The zero-order valence-corrected chi connectivity index (χ0v) is 11.1. The number of β-amino-alcohol motifs (C(OH)–C–C–N with tert-alkyl or cyclic N) is 1. The lowest BCUT2D eigenvalue weighted by Gasteiger charge is -2.33. The second-order valence-corrected chi connectivity index (χ2v) is 4.71. The molecule has 0 fully saturated rings. The minimum absolute atomic E-state index is 0.0216. The molecule has 0 aromatic heterocycles. The van der Waals surface area contributed by atoms with Crippen LogP contribution < -0.4 is 5.32 Å². The van der Waals surface area contributed by atoms with Crippen molar-refractivity contribution in [3.05, 3.63) is 42.2 Å². The Labute approximate surface area is 111 Å². The van der Waals surface area contributed by atoms with E-state index in [1.807, 2.05) is 42.7 Å². The second kappa shape index (κ2) is 6.47. The third-order valence-corrected chi connectivity index (χ3v) is 3.42. The van der Waals surface area contributed by atoms with Crippen LogP contribution in [0.3, 0.4) is 0 Å². The summed E-state index contributed by atoms with van der Waals surface area (Å²) in [6.45, 7) is 0.675. The molecule has 0 spiro atoms. The third kappa shape index (κ3) is 3.05. The molecule has 1 aromatic rings. The molecule has 4 nitrogen and oxygen atoms in total. The summed E-state index contributed by atoms with van der Waals surface area (Å²) in [4.78, 5) is 6.43. The molecule has 0 saturated heterocycles. The third-order valence-electron chi connectivity index (χ3n) is 2.62. The van der Waals surface area contributed by atoms with Gasteiger partial charge < -0.3 is 15.3 Å². The molecule has 1 unspecified atom stereocenters. The number of nitrogens with zero attached hydrogens (tertiary/aromatic N) is 2. The van der Waals surface area contributed by atoms with E-state index in [1.54, 1.807) is 18.0 Å². The first-order valence-electron chi connectivity index (χ1n) is 5.81. The van der Waals surface area contributed by atoms with E-state index in [1.165, 1.54) is 0 Å². The van der Waals surface area contributed by atoms with E-state index in [0.29, 0.717) is 6.54 Å². The fourth-order valence-corrected chi connectivity index (χ4v) is 2.46. The average Bonchev–Trinajstić information content (AvgIpc) is 2.42. The summed E-state index contributed by atoms with van der Waals surface area (Å²) in [5, 5.41) is 12.5. The topological polar surface area (TPSA) is 47.9 Å². The van der Waals surface area contributed by atoms with Crippen LogP contribution >= 0.6 is 11.8 Å². The van der Waals surface area contributed by atoms with Crippen molar-refractivity contribution in [3.8, 4) is 0 Å². The van der Waals surface area contributed by atoms with Crippen molar-refractivity contribution in [2.24, 2.45) is 4.99 Å². The fraction of sp³-hybridized carbons (Fsp3) is 0.308. The van der Waals surface area contributed by atoms with Crippen LogP contribution in [-0.4, -0.2) is 41.1 Å². The van der Waals surface area contributed by atoms with E-state index in [-0.39, 0.29) is 12.1 Å². The van der Waals surface area contributed by atoms with Gasteiger partial charge >= 0.3 is 0 Å². The van der Waals surface area contributed by atoms with Gasteiger partial charge in [0.2, 0.25) is 0 Å². The van der Waals surface area contributed by atoms with Gasteiger partial charge in [0.25, 0.3) is 0 Å². The zero-order valence-electron chi connectivity index (χ0n) is 10.3. The van der Waals surface area contributed by atoms with Crippen molar-refractivity contribution in [3.63, 3.8) is 0 Å². The Bertz CT molecular complexity index is 433. The second-order valence-electron chi connectivity index (χ2n) is 3.82. The molecular formula is C13H17N3OS. The van der Waals surface area contributed by atoms with Gasteiger partial charge in [0, 0.05) is 18.4 Å². The summed E-state index contributed by atoms with van der Waals surface area (Å²) in [5.41, 5.74) is 1.05. The van der Waals surface area contributed by atoms with Crippen molar-refractivity contribution in [1.82, 2.24) is 4.90 Å². The number of aliphatic hydroxyl groups excluding tert-OH is 1. The first-order chi connectivity index (χ1) is 8.85. The molecule has 1 aliphatic heterocycles. The number of thioether (sulfide) groups is 1. The van der Waals surface area contributed by atoms with Crippen molar-refractivity contribution >= 4 is 23.7 Å². The number of nitrogens with one attached hydrogen (secondary N) is 1. The molecule has 1 heterocycles. The highest BCUT2D eigenvalue weighted by Crippen LogP contribution is 2.23. The van der Waals surface area contributed by atoms with Gasteiger partial charge in [-0.1, -0.05) is 18.2 Å². The van der Waals surface area contributed by atoms with Crippen molar-refractivity contribution in [2.75, 3.05) is 24.7 Å². The van der Waals surface area contributed by atoms with Gasteiger partial charge in [0.05, 0.1) is 6.61 Å². The van der Waals surface area contributed by atoms with E-state index >= 15 is 0 Å². The molecule has 0 saturated carbocycles. The molecule has 0 aliphatic carbocycles. The number of aliphatic imine (C=N–C) groups is 1. The van der Waals surface area contributed by atoms with Crippen LogP contribution in [0.15, 0.2) is 47.2 Å². The number of allylic oxidation sites excluding steroid dienone is 1. The minimum atomic E-state index is 0.0216. The molecule has 0 amide bonds. The number of benzene rings is 1. The van der Waals surface area contributed by atoms with E-state index in [0.717, 1.165) is 11.5 Å². The van der Waals surface area contributed by atoms with Crippen LogP contribution in [0.2, 0.25) is 0 Å². The number of rotatable bonds is 5. The lowest BCUT2D eigenvalue weighted by atomic mass is 10.3. The van der Waals surface area contributed by atoms with E-state index in [9.17, 15) is 0 Å². The number of hydrogen-bond acceptors (Lipinski definition) is 5. The Morgan fingerprint density at radius 1 is 1.39 bits per heavy atom. The predicted molar refractivity (Wildman–Crippen MR) is 77.7 cm³/mol. The van der Waals surface area contributed by atoms with Crippen LogP contribution in [-0.2, 0) is 0 Å². The highest BCUT2D eigenvalue weighted by atomic mass is 32.2. The van der Waals surface area contributed by atoms with Crippen LogP contribution in [0.1, 0.15) is 0 Å². The quantitative estimate of drug-likeness (QED) is 0.852. The molecule has 1 atom stereocenters. The molecule has 96 valence electrons. The summed E-state index contributed by atoms with van der Waals surface area (Å²) in [6, 6.07) is 9.98. The van der Waals surface area contributed by atoms with E-state index in [2.05, 4.69) is 15.2 Å². The number of hydrogen-bond donors (Lipinski definition) is 2. The zero-order chi connectivity index (χ0) is 12.8. The Morgan fingerprint density at radius 3 is 2.83 bits per heavy atom. The van der Waals surface area contributed by atoms with E-state index in [4.69, 9.17) is 5.11 Å². The lowest BCUT2D eigenvalue weighted by molar-refractivity contribution is 0.220. The van der Waals surface area contributed by atoms with Crippen LogP contribution in [0.4, 0.5) is 5.69 Å². The highest BCUT2D eigenvalue weighted by Gasteiger charge is 2.20. The summed E-state index contributed by atoms with van der Waals surface area (Å²) in [5.74, 6) is 0.963. The average molecular weight is 263 g/mol. The number of para-hydroxylation sites is 1. The minimum Gasteiger partial charge on any atom is -0.395 e. The molecule has 2 rings (SSSR count). The van der Waals surface area contributed by atoms with Crippen LogP contribution in [0, 0.1) is 0 Å². The largest absolute Gasteiger partial charge is 0.395 e. The maximum absolute atomic E-state index is 9.16. The molecule has 5 heteroatoms. The normalized spacial score (nSPS) is 18.7. The number of anilines is 1. The molecule has 0 bridgehead atoms. The van der Waals surface area contributed by atoms with Crippen molar-refractivity contribution < 1.29 is 5.11 Å². The van der Waals surface area contributed by atoms with Gasteiger partial charge in [-0.2, -0.15) is 0 Å². The summed E-state index contributed by atoms with van der Waals surface area (Å²) in [6.07, 6.45) is 5.74. The van der Waals surface area contributed by atoms with Gasteiger partial charge in [-0.3, -0.25) is 4.99 Å². The first-order valence-corrected chi connectivity index (χ1v) is 7.10. The monoisotopic (exact) mass is 263 g/mol. The fourth-order valence-electron chi connectivity index (χ4n) is 1.79. The Balaban J connectivity index is 2.14. The molecule has 0 radical (unpaired) electrons.